The number of nitrogens with one attached hydrogen (secondary N) is 1. The highest BCUT2D eigenvalue weighted by Gasteiger charge is 2.15. The van der Waals surface area contributed by atoms with Crippen LogP contribution in [0, 0.1) is 13.5 Å². The van der Waals surface area contributed by atoms with Crippen molar-refractivity contribution in [1.29, 1.82) is 0 Å². The van der Waals surface area contributed by atoms with E-state index in [0.717, 1.165) is 44.8 Å². The number of thiazole rings is 1. The first-order valence-corrected chi connectivity index (χ1v) is 16.6. The molecule has 1 N–H and O–H groups in total. The van der Waals surface area contributed by atoms with Crippen molar-refractivity contribution in [3.05, 3.63) is 141 Å². The summed E-state index contributed by atoms with van der Waals surface area (Å²) in [6.45, 7) is 11.3. The Morgan fingerprint density at radius 3 is 2.25 bits per heavy atom. The molecule has 0 amide bonds. The number of rotatable bonds is 13. The zero-order chi connectivity index (χ0) is 30.9. The molecule has 0 aliphatic carbocycles. The summed E-state index contributed by atoms with van der Waals surface area (Å²) >= 11 is 1.57. The maximum atomic E-state index is 12.0. The first-order chi connectivity index (χ1) is 21.3. The SMILES string of the molecule is [C-]#[N+]c1ccc(CN(Cc2ccc(Oc3cccc(COCc4cncs4)c3)cc2)c2cccc(NS(C)(=O)=O)c2C)cc1. The number of aromatic nitrogens is 1. The molecule has 0 atom stereocenters. The Hall–Kier alpha value is -4.69. The molecule has 0 spiro atoms. The minimum atomic E-state index is -3.43. The Balaban J connectivity index is 1.31. The maximum Gasteiger partial charge on any atom is 0.229 e. The molecule has 1 heterocycles. The number of nitrogens with zero attached hydrogens (tertiary/aromatic N) is 3. The van der Waals surface area contributed by atoms with Gasteiger partial charge in [0.2, 0.25) is 10.0 Å². The lowest BCUT2D eigenvalue weighted by Crippen LogP contribution is -2.23. The van der Waals surface area contributed by atoms with Crippen LogP contribution in [0.5, 0.6) is 11.5 Å². The van der Waals surface area contributed by atoms with Gasteiger partial charge in [-0.3, -0.25) is 9.71 Å². The molecule has 0 fully saturated rings. The molecular formula is C34H32N4O4S2. The monoisotopic (exact) mass is 624 g/mol. The van der Waals surface area contributed by atoms with E-state index in [2.05, 4.69) is 19.5 Å². The van der Waals surface area contributed by atoms with Gasteiger partial charge in [0.05, 0.1) is 42.1 Å². The summed E-state index contributed by atoms with van der Waals surface area (Å²) in [7, 11) is -3.43. The van der Waals surface area contributed by atoms with Gasteiger partial charge in [0.15, 0.2) is 5.69 Å². The lowest BCUT2D eigenvalue weighted by Gasteiger charge is -2.28. The van der Waals surface area contributed by atoms with Gasteiger partial charge in [-0.1, -0.05) is 54.6 Å². The molecule has 4 aromatic carbocycles. The lowest BCUT2D eigenvalue weighted by atomic mass is 10.1. The van der Waals surface area contributed by atoms with E-state index in [1.165, 1.54) is 0 Å². The van der Waals surface area contributed by atoms with Gasteiger partial charge in [-0.2, -0.15) is 0 Å². The molecule has 0 saturated heterocycles. The van der Waals surface area contributed by atoms with Crippen LogP contribution in [0.1, 0.15) is 27.1 Å². The van der Waals surface area contributed by atoms with Crippen LogP contribution in [0.25, 0.3) is 4.85 Å². The third-order valence-corrected chi connectivity index (χ3v) is 8.15. The fourth-order valence-corrected chi connectivity index (χ4v) is 5.85. The highest BCUT2D eigenvalue weighted by atomic mass is 32.2. The quantitative estimate of drug-likeness (QED) is 0.133. The zero-order valence-corrected chi connectivity index (χ0v) is 26.1. The van der Waals surface area contributed by atoms with Crippen molar-refractivity contribution in [2.75, 3.05) is 15.9 Å². The third kappa shape index (κ3) is 8.67. The normalized spacial score (nSPS) is 11.1. The first kappa shape index (κ1) is 30.8. The molecule has 44 heavy (non-hydrogen) atoms. The summed E-state index contributed by atoms with van der Waals surface area (Å²) < 4.78 is 38.5. The molecule has 5 rings (SSSR count). The van der Waals surface area contributed by atoms with Crippen molar-refractivity contribution in [2.45, 2.75) is 33.2 Å². The van der Waals surface area contributed by atoms with Gasteiger partial charge in [-0.15, -0.1) is 11.3 Å². The molecule has 5 aromatic rings. The predicted octanol–water partition coefficient (Wildman–Crippen LogP) is 8.09. The minimum absolute atomic E-state index is 0.477. The Labute approximate surface area is 262 Å². The van der Waals surface area contributed by atoms with E-state index in [0.29, 0.717) is 43.4 Å². The van der Waals surface area contributed by atoms with Crippen LogP contribution >= 0.6 is 11.3 Å². The molecule has 0 unspecified atom stereocenters. The highest BCUT2D eigenvalue weighted by Crippen LogP contribution is 2.31. The largest absolute Gasteiger partial charge is 0.457 e. The summed E-state index contributed by atoms with van der Waals surface area (Å²) in [5, 5.41) is 0. The van der Waals surface area contributed by atoms with Gasteiger partial charge in [-0.05, 0) is 65.6 Å². The van der Waals surface area contributed by atoms with Gasteiger partial charge in [0.1, 0.15) is 11.5 Å². The van der Waals surface area contributed by atoms with E-state index in [4.69, 9.17) is 16.0 Å². The van der Waals surface area contributed by atoms with Crippen LogP contribution in [0.2, 0.25) is 0 Å². The van der Waals surface area contributed by atoms with Gasteiger partial charge >= 0.3 is 0 Å². The second kappa shape index (κ2) is 14.2. The van der Waals surface area contributed by atoms with Crippen molar-refractivity contribution in [3.63, 3.8) is 0 Å². The third-order valence-electron chi connectivity index (χ3n) is 6.81. The Morgan fingerprint density at radius 2 is 1.59 bits per heavy atom. The number of benzene rings is 4. The van der Waals surface area contributed by atoms with Crippen molar-refractivity contribution >= 4 is 38.4 Å². The van der Waals surface area contributed by atoms with Gasteiger partial charge < -0.3 is 14.4 Å². The zero-order valence-electron chi connectivity index (χ0n) is 24.4. The van der Waals surface area contributed by atoms with Crippen LogP contribution in [0.4, 0.5) is 17.1 Å². The lowest BCUT2D eigenvalue weighted by molar-refractivity contribution is 0.109. The van der Waals surface area contributed by atoms with E-state index in [1.807, 2.05) is 98.0 Å². The number of sulfonamides is 1. The predicted molar refractivity (Wildman–Crippen MR) is 176 cm³/mol. The summed E-state index contributed by atoms with van der Waals surface area (Å²) in [6, 6.07) is 28.9. The molecule has 0 bridgehead atoms. The van der Waals surface area contributed by atoms with Crippen LogP contribution in [0.15, 0.2) is 103 Å². The van der Waals surface area contributed by atoms with Gasteiger partial charge in [0.25, 0.3) is 0 Å². The second-order valence-electron chi connectivity index (χ2n) is 10.3. The fourth-order valence-electron chi connectivity index (χ4n) is 4.70. The highest BCUT2D eigenvalue weighted by molar-refractivity contribution is 7.92. The topological polar surface area (TPSA) is 85.1 Å². The van der Waals surface area contributed by atoms with Crippen molar-refractivity contribution < 1.29 is 17.9 Å². The second-order valence-corrected chi connectivity index (χ2v) is 13.0. The minimum Gasteiger partial charge on any atom is -0.457 e. The van der Waals surface area contributed by atoms with E-state index in [1.54, 1.807) is 22.9 Å². The number of ether oxygens (including phenoxy) is 2. The Bertz CT molecular complexity index is 1830. The van der Waals surface area contributed by atoms with E-state index < -0.39 is 10.0 Å². The summed E-state index contributed by atoms with van der Waals surface area (Å²) in [4.78, 5) is 10.8. The Kier molecular flexibility index (Phi) is 9.92. The van der Waals surface area contributed by atoms with Gasteiger partial charge in [0, 0.05) is 25.0 Å². The molecule has 8 nitrogen and oxygen atoms in total. The standard InChI is InChI=1S/C34H32N4O4S2/c1-25-33(37-44(3,39)40)8-5-9-34(25)38(20-26-10-14-29(35-2)15-11-26)21-27-12-16-30(17-13-27)42-31-7-4-6-28(18-31)22-41-23-32-19-36-24-43-32/h4-19,24,37H,20-23H2,1,3H3. The van der Waals surface area contributed by atoms with Crippen LogP contribution in [-0.2, 0) is 41.1 Å². The van der Waals surface area contributed by atoms with Crippen molar-refractivity contribution in [3.8, 4) is 11.5 Å². The molecule has 10 heteroatoms. The van der Waals surface area contributed by atoms with Crippen molar-refractivity contribution in [1.82, 2.24) is 4.98 Å². The molecular weight excluding hydrogens is 593 g/mol. The van der Waals surface area contributed by atoms with Crippen LogP contribution in [-0.4, -0.2) is 19.7 Å². The Morgan fingerprint density at radius 1 is 0.886 bits per heavy atom. The van der Waals surface area contributed by atoms with E-state index in [-0.39, 0.29) is 0 Å². The van der Waals surface area contributed by atoms with E-state index >= 15 is 0 Å². The summed E-state index contributed by atoms with van der Waals surface area (Å²) in [5.41, 5.74) is 7.76. The smallest absolute Gasteiger partial charge is 0.229 e. The molecule has 0 aliphatic rings. The molecule has 0 saturated carbocycles. The number of hydrogen-bond acceptors (Lipinski definition) is 7. The van der Waals surface area contributed by atoms with E-state index in [9.17, 15) is 8.42 Å². The van der Waals surface area contributed by atoms with Crippen molar-refractivity contribution in [2.24, 2.45) is 0 Å². The molecule has 1 aromatic heterocycles. The molecule has 0 radical (unpaired) electrons. The maximum absolute atomic E-state index is 12.0. The van der Waals surface area contributed by atoms with Crippen LogP contribution < -0.4 is 14.4 Å². The van der Waals surface area contributed by atoms with Gasteiger partial charge in [-0.25, -0.2) is 13.3 Å². The molecule has 0 aliphatic heterocycles. The number of anilines is 2. The average Bonchev–Trinajstić information content (AvgIpc) is 3.53. The molecule has 224 valence electrons. The summed E-state index contributed by atoms with van der Waals surface area (Å²) in [6.07, 6.45) is 2.96. The average molecular weight is 625 g/mol. The first-order valence-electron chi connectivity index (χ1n) is 13.9. The fraction of sp³-hybridized carbons (Fsp3) is 0.176. The van der Waals surface area contributed by atoms with Crippen LogP contribution in [0.3, 0.4) is 0 Å². The number of hydrogen-bond donors (Lipinski definition) is 1. The summed E-state index contributed by atoms with van der Waals surface area (Å²) in [5.74, 6) is 1.44.